The molecule has 0 amide bonds. The van der Waals surface area contributed by atoms with Crippen LogP contribution >= 0.6 is 0 Å². The van der Waals surface area contributed by atoms with Gasteiger partial charge in [0.05, 0.1) is 20.2 Å². The molecule has 8 heteroatoms. The second kappa shape index (κ2) is 7.27. The number of carbonyl (C=O) groups excluding carboxylic acids is 1. The van der Waals surface area contributed by atoms with Gasteiger partial charge in [-0.1, -0.05) is 5.16 Å². The Bertz CT molecular complexity index is 857. The summed E-state index contributed by atoms with van der Waals surface area (Å²) in [6.45, 7) is 2.66. The van der Waals surface area contributed by atoms with Gasteiger partial charge in [-0.05, 0) is 32.2 Å². The van der Waals surface area contributed by atoms with Gasteiger partial charge in [0.2, 0.25) is 11.7 Å². The molecule has 0 fully saturated rings. The fourth-order valence-electron chi connectivity index (χ4n) is 2.42. The summed E-state index contributed by atoms with van der Waals surface area (Å²) in [6.07, 6.45) is 3.37. The average molecular weight is 342 g/mol. The Labute approximate surface area is 144 Å². The maximum atomic E-state index is 11.6. The van der Waals surface area contributed by atoms with Gasteiger partial charge in [-0.2, -0.15) is 4.98 Å². The van der Waals surface area contributed by atoms with Crippen LogP contribution in [0.3, 0.4) is 0 Å². The third-order valence-electron chi connectivity index (χ3n) is 3.59. The molecule has 0 unspecified atom stereocenters. The first-order chi connectivity index (χ1) is 12.1. The van der Waals surface area contributed by atoms with Crippen molar-refractivity contribution in [2.24, 2.45) is 0 Å². The van der Waals surface area contributed by atoms with Crippen molar-refractivity contribution in [3.8, 4) is 11.4 Å². The summed E-state index contributed by atoms with van der Waals surface area (Å²) in [5.41, 5.74) is 1.23. The van der Waals surface area contributed by atoms with Gasteiger partial charge < -0.3 is 13.7 Å². The second-order valence-electron chi connectivity index (χ2n) is 5.60. The van der Waals surface area contributed by atoms with E-state index in [1.54, 1.807) is 25.4 Å². The number of hydrogen-bond donors (Lipinski definition) is 0. The standard InChI is InChI=1S/C17H18N4O4/c1-11-14(17(22)23-3)7-13(24-11)9-21(2)10-15-19-16(20-25-15)12-5-4-6-18-8-12/h4-8H,9-10H2,1-3H3. The average Bonchev–Trinajstić information content (AvgIpc) is 3.21. The molecule has 0 saturated heterocycles. The van der Waals surface area contributed by atoms with Crippen molar-refractivity contribution in [1.29, 1.82) is 0 Å². The second-order valence-corrected chi connectivity index (χ2v) is 5.60. The molecule has 0 saturated carbocycles. The van der Waals surface area contributed by atoms with Crippen molar-refractivity contribution < 1.29 is 18.5 Å². The molecule has 0 bridgehead atoms. The van der Waals surface area contributed by atoms with E-state index < -0.39 is 5.97 Å². The summed E-state index contributed by atoms with van der Waals surface area (Å²) in [5.74, 6) is 1.77. The van der Waals surface area contributed by atoms with Crippen molar-refractivity contribution in [1.82, 2.24) is 20.0 Å². The van der Waals surface area contributed by atoms with Gasteiger partial charge in [0, 0.05) is 18.0 Å². The Balaban J connectivity index is 1.64. The summed E-state index contributed by atoms with van der Waals surface area (Å²) < 4.78 is 15.6. The smallest absolute Gasteiger partial charge is 0.341 e. The van der Waals surface area contributed by atoms with Gasteiger partial charge in [0.25, 0.3) is 0 Å². The Morgan fingerprint density at radius 1 is 1.36 bits per heavy atom. The molecule has 0 N–H and O–H groups in total. The molecule has 3 aromatic rings. The fourth-order valence-corrected chi connectivity index (χ4v) is 2.42. The molecule has 0 spiro atoms. The Morgan fingerprint density at radius 3 is 2.92 bits per heavy atom. The monoisotopic (exact) mass is 342 g/mol. The zero-order chi connectivity index (χ0) is 17.8. The quantitative estimate of drug-likeness (QED) is 0.631. The highest BCUT2D eigenvalue weighted by Crippen LogP contribution is 2.18. The van der Waals surface area contributed by atoms with Crippen LogP contribution < -0.4 is 0 Å². The van der Waals surface area contributed by atoms with Gasteiger partial charge in [0.1, 0.15) is 17.1 Å². The van der Waals surface area contributed by atoms with Crippen LogP contribution in [0.5, 0.6) is 0 Å². The Hall–Kier alpha value is -3.00. The van der Waals surface area contributed by atoms with Crippen LogP contribution in [0.1, 0.15) is 27.8 Å². The first-order valence-corrected chi connectivity index (χ1v) is 7.66. The predicted molar refractivity (Wildman–Crippen MR) is 87.5 cm³/mol. The lowest BCUT2D eigenvalue weighted by atomic mass is 10.2. The van der Waals surface area contributed by atoms with E-state index in [0.29, 0.717) is 41.9 Å². The number of aryl methyl sites for hydroxylation is 1. The van der Waals surface area contributed by atoms with E-state index in [9.17, 15) is 4.79 Å². The minimum Gasteiger partial charge on any atom is -0.465 e. The third kappa shape index (κ3) is 3.92. The largest absolute Gasteiger partial charge is 0.465 e. The van der Waals surface area contributed by atoms with Crippen LogP contribution in [0.4, 0.5) is 0 Å². The highest BCUT2D eigenvalue weighted by Gasteiger charge is 2.17. The number of aromatic nitrogens is 3. The number of furan rings is 1. The molecule has 3 rings (SSSR count). The van der Waals surface area contributed by atoms with E-state index in [1.807, 2.05) is 24.1 Å². The minimum absolute atomic E-state index is 0.409. The van der Waals surface area contributed by atoms with Crippen LogP contribution in [-0.4, -0.2) is 40.2 Å². The van der Waals surface area contributed by atoms with Gasteiger partial charge in [-0.25, -0.2) is 4.79 Å². The molecule has 3 aromatic heterocycles. The van der Waals surface area contributed by atoms with E-state index >= 15 is 0 Å². The van der Waals surface area contributed by atoms with Crippen LogP contribution in [-0.2, 0) is 17.8 Å². The molecule has 0 radical (unpaired) electrons. The number of esters is 1. The van der Waals surface area contributed by atoms with Crippen LogP contribution in [0.2, 0.25) is 0 Å². The lowest BCUT2D eigenvalue weighted by molar-refractivity contribution is 0.0599. The summed E-state index contributed by atoms with van der Waals surface area (Å²) in [4.78, 5) is 22.0. The molecular weight excluding hydrogens is 324 g/mol. The third-order valence-corrected chi connectivity index (χ3v) is 3.59. The number of methoxy groups -OCH3 is 1. The molecule has 3 heterocycles. The molecule has 0 atom stereocenters. The maximum absolute atomic E-state index is 11.6. The summed E-state index contributed by atoms with van der Waals surface area (Å²) in [6, 6.07) is 5.37. The van der Waals surface area contributed by atoms with Crippen molar-refractivity contribution in [3.05, 3.63) is 53.6 Å². The van der Waals surface area contributed by atoms with Crippen LogP contribution in [0.15, 0.2) is 39.5 Å². The molecule has 8 nitrogen and oxygen atoms in total. The maximum Gasteiger partial charge on any atom is 0.341 e. The van der Waals surface area contributed by atoms with Gasteiger partial charge in [-0.15, -0.1) is 0 Å². The van der Waals surface area contributed by atoms with Crippen molar-refractivity contribution >= 4 is 5.97 Å². The van der Waals surface area contributed by atoms with Crippen molar-refractivity contribution in [2.45, 2.75) is 20.0 Å². The number of rotatable bonds is 6. The van der Waals surface area contributed by atoms with Gasteiger partial charge >= 0.3 is 5.97 Å². The topological polar surface area (TPSA) is 94.5 Å². The normalized spacial score (nSPS) is 11.0. The molecule has 25 heavy (non-hydrogen) atoms. The van der Waals surface area contributed by atoms with E-state index in [-0.39, 0.29) is 0 Å². The number of nitrogens with zero attached hydrogens (tertiary/aromatic N) is 4. The molecule has 0 aromatic carbocycles. The van der Waals surface area contributed by atoms with Gasteiger partial charge in [-0.3, -0.25) is 9.88 Å². The Kier molecular flexibility index (Phi) is 4.90. The number of ether oxygens (including phenoxy) is 1. The first kappa shape index (κ1) is 16.8. The summed E-state index contributed by atoms with van der Waals surface area (Å²) >= 11 is 0. The fraction of sp³-hybridized carbons (Fsp3) is 0.294. The lowest BCUT2D eigenvalue weighted by Crippen LogP contribution is -2.17. The zero-order valence-electron chi connectivity index (χ0n) is 14.2. The number of hydrogen-bond acceptors (Lipinski definition) is 8. The highest BCUT2D eigenvalue weighted by atomic mass is 16.5. The van der Waals surface area contributed by atoms with Crippen LogP contribution in [0.25, 0.3) is 11.4 Å². The van der Waals surface area contributed by atoms with E-state index in [1.165, 1.54) is 7.11 Å². The van der Waals surface area contributed by atoms with E-state index in [0.717, 1.165) is 5.56 Å². The summed E-state index contributed by atoms with van der Waals surface area (Å²) in [7, 11) is 3.24. The highest BCUT2D eigenvalue weighted by molar-refractivity contribution is 5.90. The molecule has 0 aliphatic carbocycles. The first-order valence-electron chi connectivity index (χ1n) is 7.66. The molecule has 0 aliphatic heterocycles. The summed E-state index contributed by atoms with van der Waals surface area (Å²) in [5, 5.41) is 3.96. The van der Waals surface area contributed by atoms with E-state index in [2.05, 4.69) is 15.1 Å². The predicted octanol–water partition coefficient (Wildman–Crippen LogP) is 2.45. The number of carbonyl (C=O) groups is 1. The molecular formula is C17H18N4O4. The van der Waals surface area contributed by atoms with E-state index in [4.69, 9.17) is 13.7 Å². The minimum atomic E-state index is -0.409. The number of pyridine rings is 1. The molecule has 130 valence electrons. The van der Waals surface area contributed by atoms with Crippen molar-refractivity contribution in [3.63, 3.8) is 0 Å². The molecule has 0 aliphatic rings. The Morgan fingerprint density at radius 2 is 2.20 bits per heavy atom. The van der Waals surface area contributed by atoms with Gasteiger partial charge in [0.15, 0.2) is 0 Å². The van der Waals surface area contributed by atoms with Crippen molar-refractivity contribution in [2.75, 3.05) is 14.2 Å². The SMILES string of the molecule is COC(=O)c1cc(CN(C)Cc2nc(-c3cccnc3)no2)oc1C. The van der Waals surface area contributed by atoms with Crippen LogP contribution in [0, 0.1) is 6.92 Å². The lowest BCUT2D eigenvalue weighted by Gasteiger charge is -2.11. The zero-order valence-corrected chi connectivity index (χ0v) is 14.2.